The molecule has 2 amide bonds. The number of imide groups is 1. The van der Waals surface area contributed by atoms with Crippen molar-refractivity contribution in [1.29, 1.82) is 0 Å². The number of fused-ring (bicyclic) bond motifs is 1. The first kappa shape index (κ1) is 17.5. The van der Waals surface area contributed by atoms with E-state index in [4.69, 9.17) is 4.74 Å². The molecule has 3 atom stereocenters. The monoisotopic (exact) mass is 356 g/mol. The van der Waals surface area contributed by atoms with Crippen molar-refractivity contribution < 1.29 is 14.3 Å². The summed E-state index contributed by atoms with van der Waals surface area (Å²) in [5.74, 6) is 0.911. The molecule has 140 valence electrons. The minimum absolute atomic E-state index is 0.0530. The number of carbonyl (C=O) groups excluding carboxylic acids is 2. The van der Waals surface area contributed by atoms with E-state index in [1.54, 1.807) is 4.90 Å². The SMILES string of the molecule is CCOc1ccc([C@@H]2CCCN2CN2C(=O)[C@H]3CCCC[C@H]3C2=O)cc1. The fourth-order valence-electron chi connectivity index (χ4n) is 4.88. The quantitative estimate of drug-likeness (QED) is 0.759. The predicted octanol–water partition coefficient (Wildman–Crippen LogP) is 3.35. The molecule has 2 heterocycles. The van der Waals surface area contributed by atoms with Gasteiger partial charge in [0.15, 0.2) is 0 Å². The van der Waals surface area contributed by atoms with E-state index >= 15 is 0 Å². The molecule has 0 unspecified atom stereocenters. The van der Waals surface area contributed by atoms with Gasteiger partial charge in [-0.3, -0.25) is 19.4 Å². The molecule has 0 radical (unpaired) electrons. The molecule has 1 saturated carbocycles. The second kappa shape index (κ2) is 7.39. The molecular formula is C21H28N2O3. The number of likely N-dealkylation sites (tertiary alicyclic amines) is 2. The van der Waals surface area contributed by atoms with Crippen LogP contribution in [0.1, 0.15) is 57.1 Å². The van der Waals surface area contributed by atoms with Crippen LogP contribution in [0.2, 0.25) is 0 Å². The minimum Gasteiger partial charge on any atom is -0.494 e. The van der Waals surface area contributed by atoms with Gasteiger partial charge in [-0.2, -0.15) is 0 Å². The van der Waals surface area contributed by atoms with Gasteiger partial charge in [0, 0.05) is 12.6 Å². The zero-order chi connectivity index (χ0) is 18.1. The lowest BCUT2D eigenvalue weighted by molar-refractivity contribution is -0.142. The Labute approximate surface area is 155 Å². The fraction of sp³-hybridized carbons (Fsp3) is 0.619. The minimum atomic E-state index is -0.0530. The van der Waals surface area contributed by atoms with E-state index in [9.17, 15) is 9.59 Å². The average Bonchev–Trinajstić information content (AvgIpc) is 3.22. The molecule has 3 aliphatic rings. The van der Waals surface area contributed by atoms with Crippen LogP contribution in [0, 0.1) is 11.8 Å². The second-order valence-electron chi connectivity index (χ2n) is 7.72. The number of ether oxygens (including phenoxy) is 1. The highest BCUT2D eigenvalue weighted by atomic mass is 16.5. The molecule has 5 heteroatoms. The van der Waals surface area contributed by atoms with Crippen LogP contribution in [0.4, 0.5) is 0 Å². The van der Waals surface area contributed by atoms with Gasteiger partial charge in [-0.25, -0.2) is 0 Å². The van der Waals surface area contributed by atoms with Crippen molar-refractivity contribution >= 4 is 11.8 Å². The van der Waals surface area contributed by atoms with E-state index in [-0.39, 0.29) is 29.7 Å². The van der Waals surface area contributed by atoms with E-state index in [1.807, 2.05) is 19.1 Å². The molecule has 1 aromatic rings. The van der Waals surface area contributed by atoms with Crippen molar-refractivity contribution in [2.75, 3.05) is 19.8 Å². The van der Waals surface area contributed by atoms with Crippen LogP contribution in [0.3, 0.4) is 0 Å². The van der Waals surface area contributed by atoms with Crippen LogP contribution in [0.25, 0.3) is 0 Å². The first-order valence-corrected chi connectivity index (χ1v) is 10.0. The van der Waals surface area contributed by atoms with Crippen LogP contribution in [0.5, 0.6) is 5.75 Å². The zero-order valence-corrected chi connectivity index (χ0v) is 15.5. The summed E-state index contributed by atoms with van der Waals surface area (Å²) in [6.07, 6.45) is 6.08. The number of nitrogens with zero attached hydrogens (tertiary/aromatic N) is 2. The van der Waals surface area contributed by atoms with Crippen LogP contribution in [-0.2, 0) is 9.59 Å². The van der Waals surface area contributed by atoms with Crippen molar-refractivity contribution in [2.45, 2.75) is 51.5 Å². The van der Waals surface area contributed by atoms with E-state index in [0.29, 0.717) is 13.3 Å². The maximum absolute atomic E-state index is 12.8. The highest BCUT2D eigenvalue weighted by Gasteiger charge is 2.48. The van der Waals surface area contributed by atoms with Gasteiger partial charge in [0.25, 0.3) is 0 Å². The van der Waals surface area contributed by atoms with Crippen molar-refractivity contribution in [3.05, 3.63) is 29.8 Å². The third kappa shape index (κ3) is 3.13. The van der Waals surface area contributed by atoms with Crippen LogP contribution in [-0.4, -0.2) is 41.4 Å². The van der Waals surface area contributed by atoms with Gasteiger partial charge in [-0.05, 0) is 50.3 Å². The molecule has 3 fully saturated rings. The van der Waals surface area contributed by atoms with Crippen molar-refractivity contribution in [1.82, 2.24) is 9.80 Å². The highest BCUT2D eigenvalue weighted by Crippen LogP contribution is 2.39. The summed E-state index contributed by atoms with van der Waals surface area (Å²) in [4.78, 5) is 29.4. The standard InChI is InChI=1S/C21H28N2O3/c1-2-26-16-11-9-15(10-12-16)19-8-5-13-22(19)14-23-20(24)17-6-3-4-7-18(17)21(23)25/h9-12,17-19H,2-8,13-14H2,1H3/t17-,18+,19-/m0/s1. The lowest BCUT2D eigenvalue weighted by Crippen LogP contribution is -2.41. The second-order valence-corrected chi connectivity index (χ2v) is 7.72. The summed E-state index contributed by atoms with van der Waals surface area (Å²) in [5, 5.41) is 0. The van der Waals surface area contributed by atoms with E-state index in [0.717, 1.165) is 50.8 Å². The van der Waals surface area contributed by atoms with Gasteiger partial charge in [0.05, 0.1) is 25.1 Å². The smallest absolute Gasteiger partial charge is 0.234 e. The third-order valence-electron chi connectivity index (χ3n) is 6.20. The van der Waals surface area contributed by atoms with Gasteiger partial charge < -0.3 is 4.74 Å². The molecule has 4 rings (SSSR count). The first-order valence-electron chi connectivity index (χ1n) is 10.0. The maximum atomic E-state index is 12.8. The summed E-state index contributed by atoms with van der Waals surface area (Å²) < 4.78 is 5.53. The predicted molar refractivity (Wildman–Crippen MR) is 98.5 cm³/mol. The Morgan fingerprint density at radius 2 is 1.62 bits per heavy atom. The largest absolute Gasteiger partial charge is 0.494 e. The molecule has 2 aliphatic heterocycles. The Kier molecular flexibility index (Phi) is 4.98. The number of hydrogen-bond donors (Lipinski definition) is 0. The summed E-state index contributed by atoms with van der Waals surface area (Å²) in [6.45, 7) is 4.03. The summed E-state index contributed by atoms with van der Waals surface area (Å²) in [6, 6.07) is 8.52. The third-order valence-corrected chi connectivity index (χ3v) is 6.20. The number of amides is 2. The number of hydrogen-bond acceptors (Lipinski definition) is 4. The maximum Gasteiger partial charge on any atom is 0.234 e. The number of rotatable bonds is 5. The lowest BCUT2D eigenvalue weighted by atomic mass is 9.81. The van der Waals surface area contributed by atoms with Gasteiger partial charge in [-0.1, -0.05) is 25.0 Å². The van der Waals surface area contributed by atoms with Gasteiger partial charge in [0.1, 0.15) is 5.75 Å². The average molecular weight is 356 g/mol. The molecule has 5 nitrogen and oxygen atoms in total. The molecule has 1 aromatic carbocycles. The Bertz CT molecular complexity index is 648. The number of benzene rings is 1. The fourth-order valence-corrected chi connectivity index (χ4v) is 4.88. The molecule has 2 saturated heterocycles. The van der Waals surface area contributed by atoms with Crippen molar-refractivity contribution in [3.63, 3.8) is 0 Å². The van der Waals surface area contributed by atoms with Gasteiger partial charge >= 0.3 is 0 Å². The summed E-state index contributed by atoms with van der Waals surface area (Å²) in [7, 11) is 0. The zero-order valence-electron chi connectivity index (χ0n) is 15.5. The van der Waals surface area contributed by atoms with Gasteiger partial charge in [-0.15, -0.1) is 0 Å². The Balaban J connectivity index is 1.47. The lowest BCUT2D eigenvalue weighted by Gasteiger charge is -2.29. The van der Waals surface area contributed by atoms with Crippen LogP contribution in [0.15, 0.2) is 24.3 Å². The molecule has 0 N–H and O–H groups in total. The number of carbonyl (C=O) groups is 2. The van der Waals surface area contributed by atoms with Crippen LogP contribution < -0.4 is 4.74 Å². The Morgan fingerprint density at radius 1 is 0.962 bits per heavy atom. The van der Waals surface area contributed by atoms with Crippen molar-refractivity contribution in [3.8, 4) is 5.75 Å². The molecule has 26 heavy (non-hydrogen) atoms. The summed E-state index contributed by atoms with van der Waals surface area (Å²) in [5.41, 5.74) is 1.24. The Hall–Kier alpha value is -1.88. The first-order chi connectivity index (χ1) is 12.7. The normalized spacial score (nSPS) is 29.3. The summed E-state index contributed by atoms with van der Waals surface area (Å²) >= 11 is 0. The van der Waals surface area contributed by atoms with Crippen molar-refractivity contribution in [2.24, 2.45) is 11.8 Å². The van der Waals surface area contributed by atoms with E-state index < -0.39 is 0 Å². The van der Waals surface area contributed by atoms with E-state index in [1.165, 1.54) is 5.56 Å². The molecule has 0 spiro atoms. The molecule has 0 aromatic heterocycles. The molecular weight excluding hydrogens is 328 g/mol. The molecule has 1 aliphatic carbocycles. The highest BCUT2D eigenvalue weighted by molar-refractivity contribution is 6.05. The van der Waals surface area contributed by atoms with Crippen LogP contribution >= 0.6 is 0 Å². The Morgan fingerprint density at radius 3 is 2.23 bits per heavy atom. The molecule has 0 bridgehead atoms. The van der Waals surface area contributed by atoms with E-state index in [2.05, 4.69) is 17.0 Å². The topological polar surface area (TPSA) is 49.9 Å². The van der Waals surface area contributed by atoms with Gasteiger partial charge in [0.2, 0.25) is 11.8 Å².